The monoisotopic (exact) mass is 428 g/mol. The van der Waals surface area contributed by atoms with Gasteiger partial charge in [-0.25, -0.2) is 4.79 Å². The highest BCUT2D eigenvalue weighted by atomic mass is 16.7. The largest absolute Gasteiger partial charge is 0.445 e. The minimum atomic E-state index is -1.31. The molecular weight excluding hydrogens is 396 g/mol. The average molecular weight is 428 g/mol. The van der Waals surface area contributed by atoms with Crippen LogP contribution in [0.5, 0.6) is 0 Å². The maximum Gasteiger partial charge on any atom is 0.436 e. The predicted octanol–water partition coefficient (Wildman–Crippen LogP) is -0.0393. The quantitative estimate of drug-likeness (QED) is 0.524. The zero-order valence-corrected chi connectivity index (χ0v) is 17.8. The van der Waals surface area contributed by atoms with Crippen LogP contribution in [-0.4, -0.2) is 87.9 Å². The number of nitrogens with two attached hydrogens (primary N) is 1. The van der Waals surface area contributed by atoms with E-state index >= 15 is 0 Å². The van der Waals surface area contributed by atoms with Gasteiger partial charge in [-0.3, -0.25) is 19.2 Å². The zero-order valence-electron chi connectivity index (χ0n) is 17.8. The van der Waals surface area contributed by atoms with Gasteiger partial charge in [-0.1, -0.05) is 26.7 Å². The standard InChI is InChI=1S/C19H32N4O7/c1-4-6-7-13-17(26)21(9-8-15(20)25)10-16-22(13)18(27)14(11-24)30-23(16)19(28)29-12(3)5-2/h12-14,16,24H,4-11H2,1-3H3,(H2,20,25)/t12-,13-,14+,16?/m0/s1. The van der Waals surface area contributed by atoms with E-state index in [0.717, 1.165) is 11.5 Å². The molecule has 0 aliphatic carbocycles. The van der Waals surface area contributed by atoms with E-state index in [1.807, 2.05) is 13.8 Å². The van der Waals surface area contributed by atoms with Crippen LogP contribution in [0.15, 0.2) is 0 Å². The molecule has 0 aromatic carbocycles. The summed E-state index contributed by atoms with van der Waals surface area (Å²) in [6, 6.07) is -0.832. The number of piperazine rings is 1. The van der Waals surface area contributed by atoms with Gasteiger partial charge in [0.1, 0.15) is 12.1 Å². The smallest absolute Gasteiger partial charge is 0.436 e. The second kappa shape index (κ2) is 10.6. The molecule has 2 aliphatic heterocycles. The van der Waals surface area contributed by atoms with E-state index in [1.54, 1.807) is 6.92 Å². The van der Waals surface area contributed by atoms with Crippen LogP contribution in [0, 0.1) is 0 Å². The number of hydrogen-bond acceptors (Lipinski definition) is 7. The molecular formula is C19H32N4O7. The van der Waals surface area contributed by atoms with Crippen molar-refractivity contribution in [2.24, 2.45) is 5.73 Å². The molecule has 170 valence electrons. The van der Waals surface area contributed by atoms with Gasteiger partial charge in [0, 0.05) is 13.0 Å². The van der Waals surface area contributed by atoms with Crippen molar-refractivity contribution < 1.29 is 33.9 Å². The Balaban J connectivity index is 2.37. The van der Waals surface area contributed by atoms with Gasteiger partial charge in [-0.2, -0.15) is 5.06 Å². The number of hydrogen-bond donors (Lipinski definition) is 2. The molecule has 2 saturated heterocycles. The summed E-state index contributed by atoms with van der Waals surface area (Å²) in [5, 5.41) is 10.5. The summed E-state index contributed by atoms with van der Waals surface area (Å²) >= 11 is 0. The van der Waals surface area contributed by atoms with E-state index in [-0.39, 0.29) is 31.5 Å². The molecule has 2 rings (SSSR count). The van der Waals surface area contributed by atoms with Gasteiger partial charge in [-0.05, 0) is 19.8 Å². The lowest BCUT2D eigenvalue weighted by Gasteiger charge is -2.52. The summed E-state index contributed by atoms with van der Waals surface area (Å²) in [5.41, 5.74) is 5.23. The molecule has 4 amide bonds. The van der Waals surface area contributed by atoms with Crippen LogP contribution >= 0.6 is 0 Å². The first-order chi connectivity index (χ1) is 14.2. The van der Waals surface area contributed by atoms with Gasteiger partial charge >= 0.3 is 6.09 Å². The molecule has 0 aromatic rings. The fraction of sp³-hybridized carbons (Fsp3) is 0.789. The predicted molar refractivity (Wildman–Crippen MR) is 104 cm³/mol. The summed E-state index contributed by atoms with van der Waals surface area (Å²) in [4.78, 5) is 58.2. The minimum Gasteiger partial charge on any atom is -0.445 e. The molecule has 11 nitrogen and oxygen atoms in total. The van der Waals surface area contributed by atoms with Crippen molar-refractivity contribution in [3.8, 4) is 0 Å². The Labute approximate surface area is 176 Å². The summed E-state index contributed by atoms with van der Waals surface area (Å²) in [6.45, 7) is 4.93. The van der Waals surface area contributed by atoms with Gasteiger partial charge in [0.15, 0.2) is 12.3 Å². The van der Waals surface area contributed by atoms with Gasteiger partial charge < -0.3 is 25.4 Å². The van der Waals surface area contributed by atoms with Gasteiger partial charge in [0.2, 0.25) is 11.8 Å². The highest BCUT2D eigenvalue weighted by Crippen LogP contribution is 2.30. The molecule has 30 heavy (non-hydrogen) atoms. The SMILES string of the molecule is CCCC[C@H]1C(=O)N(CCC(N)=O)CC2N(C(=O)O[C@@H](C)CC)O[C@H](CO)C(=O)N21. The highest BCUT2D eigenvalue weighted by molar-refractivity contribution is 5.92. The van der Waals surface area contributed by atoms with E-state index in [4.69, 9.17) is 15.3 Å². The Bertz CT molecular complexity index is 659. The Morgan fingerprint density at radius 1 is 1.30 bits per heavy atom. The van der Waals surface area contributed by atoms with Crippen molar-refractivity contribution in [3.05, 3.63) is 0 Å². The summed E-state index contributed by atoms with van der Waals surface area (Å²) < 4.78 is 5.36. The fourth-order valence-corrected chi connectivity index (χ4v) is 3.51. The average Bonchev–Trinajstić information content (AvgIpc) is 2.71. The number of amides is 4. The van der Waals surface area contributed by atoms with Crippen LogP contribution < -0.4 is 5.73 Å². The number of rotatable bonds is 9. The lowest BCUT2D eigenvalue weighted by molar-refractivity contribution is -0.272. The Kier molecular flexibility index (Phi) is 8.42. The Morgan fingerprint density at radius 3 is 2.57 bits per heavy atom. The molecule has 2 fully saturated rings. The van der Waals surface area contributed by atoms with Crippen molar-refractivity contribution in [3.63, 3.8) is 0 Å². The van der Waals surface area contributed by atoms with Gasteiger partial charge in [-0.15, -0.1) is 0 Å². The number of carbonyl (C=O) groups excluding carboxylic acids is 4. The number of hydroxylamine groups is 2. The third-order valence-electron chi connectivity index (χ3n) is 5.36. The molecule has 2 heterocycles. The van der Waals surface area contributed by atoms with Crippen LogP contribution in [0.4, 0.5) is 4.79 Å². The first-order valence-electron chi connectivity index (χ1n) is 10.4. The van der Waals surface area contributed by atoms with Crippen LogP contribution in [0.2, 0.25) is 0 Å². The summed E-state index contributed by atoms with van der Waals surface area (Å²) in [5.74, 6) is -1.43. The normalized spacial score (nSPS) is 25.2. The highest BCUT2D eigenvalue weighted by Gasteiger charge is 2.53. The molecule has 0 bridgehead atoms. The number of nitrogens with zero attached hydrogens (tertiary/aromatic N) is 3. The van der Waals surface area contributed by atoms with Crippen LogP contribution in [0.25, 0.3) is 0 Å². The number of carbonyl (C=O) groups is 4. The first kappa shape index (κ1) is 23.9. The third kappa shape index (κ3) is 5.20. The molecule has 2 aliphatic rings. The Morgan fingerprint density at radius 2 is 2.00 bits per heavy atom. The fourth-order valence-electron chi connectivity index (χ4n) is 3.51. The number of fused-ring (bicyclic) bond motifs is 1. The molecule has 0 spiro atoms. The van der Waals surface area contributed by atoms with Crippen molar-refractivity contribution in [1.29, 1.82) is 0 Å². The second-order valence-corrected chi connectivity index (χ2v) is 7.59. The number of primary amides is 1. The molecule has 1 unspecified atom stereocenters. The van der Waals surface area contributed by atoms with Crippen LogP contribution in [-0.2, 0) is 24.0 Å². The molecule has 0 aromatic heterocycles. The van der Waals surface area contributed by atoms with Crippen LogP contribution in [0.3, 0.4) is 0 Å². The number of ether oxygens (including phenoxy) is 1. The van der Waals surface area contributed by atoms with E-state index in [9.17, 15) is 24.3 Å². The van der Waals surface area contributed by atoms with Crippen molar-refractivity contribution >= 4 is 23.8 Å². The van der Waals surface area contributed by atoms with Crippen molar-refractivity contribution in [1.82, 2.24) is 14.9 Å². The van der Waals surface area contributed by atoms with E-state index in [1.165, 1.54) is 9.80 Å². The van der Waals surface area contributed by atoms with Gasteiger partial charge in [0.25, 0.3) is 5.91 Å². The summed E-state index contributed by atoms with van der Waals surface area (Å²) in [7, 11) is 0. The Hall–Kier alpha value is -2.40. The first-order valence-corrected chi connectivity index (χ1v) is 10.4. The van der Waals surface area contributed by atoms with Crippen LogP contribution in [0.1, 0.15) is 52.9 Å². The molecule has 0 saturated carbocycles. The van der Waals surface area contributed by atoms with E-state index < -0.39 is 42.8 Å². The third-order valence-corrected chi connectivity index (χ3v) is 5.36. The van der Waals surface area contributed by atoms with Crippen molar-refractivity contribution in [2.75, 3.05) is 19.7 Å². The number of aliphatic hydroxyl groups is 1. The number of aliphatic hydroxyl groups excluding tert-OH is 1. The van der Waals surface area contributed by atoms with Gasteiger partial charge in [0.05, 0.1) is 13.2 Å². The number of unbranched alkanes of at least 4 members (excludes halogenated alkanes) is 1. The maximum absolute atomic E-state index is 13.1. The van der Waals surface area contributed by atoms with E-state index in [2.05, 4.69) is 0 Å². The lowest BCUT2D eigenvalue weighted by Crippen LogP contribution is -2.74. The zero-order chi connectivity index (χ0) is 22.4. The van der Waals surface area contributed by atoms with E-state index in [0.29, 0.717) is 19.3 Å². The minimum absolute atomic E-state index is 0.0374. The molecule has 0 radical (unpaired) electrons. The van der Waals surface area contributed by atoms with Crippen molar-refractivity contribution in [2.45, 2.75) is 77.3 Å². The molecule has 4 atom stereocenters. The maximum atomic E-state index is 13.1. The molecule has 3 N–H and O–H groups in total. The summed E-state index contributed by atoms with van der Waals surface area (Å²) in [6.07, 6.45) is -1.00. The topological polar surface area (TPSA) is 143 Å². The lowest BCUT2D eigenvalue weighted by atomic mass is 10.0. The second-order valence-electron chi connectivity index (χ2n) is 7.59. The molecule has 11 heteroatoms.